The average Bonchev–Trinajstić information content (AvgIpc) is 2.94. The minimum Gasteiger partial charge on any atom is -0.450 e. The standard InChI is InChI=1S/C29H29NO4P2/c1-2-34-29(31)30(23-35(32,25-15-7-3-8-16-25)26-17-9-4-10-18-26)24-36(33,27-19-11-5-12-20-27)28-21-13-6-14-22-28/h3-22H,2,23-24H2,1H3. The second-order valence-electron chi connectivity index (χ2n) is 8.34. The predicted octanol–water partition coefficient (Wildman–Crippen LogP) is 5.39. The van der Waals surface area contributed by atoms with Gasteiger partial charge in [0.15, 0.2) is 14.3 Å². The Hall–Kier alpha value is -3.39. The molecule has 0 aliphatic rings. The van der Waals surface area contributed by atoms with Gasteiger partial charge in [0.2, 0.25) is 0 Å². The van der Waals surface area contributed by atoms with E-state index in [4.69, 9.17) is 4.74 Å². The summed E-state index contributed by atoms with van der Waals surface area (Å²) < 4.78 is 34.9. The second-order valence-corrected chi connectivity index (χ2v) is 13.9. The van der Waals surface area contributed by atoms with E-state index in [1.54, 1.807) is 6.92 Å². The van der Waals surface area contributed by atoms with Gasteiger partial charge in [-0.2, -0.15) is 0 Å². The van der Waals surface area contributed by atoms with Crippen molar-refractivity contribution in [3.8, 4) is 0 Å². The van der Waals surface area contributed by atoms with E-state index in [0.717, 1.165) is 0 Å². The molecule has 0 fully saturated rings. The number of hydrogen-bond acceptors (Lipinski definition) is 4. The number of carbonyl (C=O) groups excluding carboxylic acids is 1. The largest absolute Gasteiger partial charge is 0.450 e. The van der Waals surface area contributed by atoms with Gasteiger partial charge < -0.3 is 13.9 Å². The van der Waals surface area contributed by atoms with E-state index in [-0.39, 0.29) is 19.2 Å². The van der Waals surface area contributed by atoms with Crippen molar-refractivity contribution in [3.05, 3.63) is 121 Å². The molecular formula is C29H29NO4P2. The SMILES string of the molecule is CCOC(=O)N(CP(=O)(c1ccccc1)c1ccccc1)CP(=O)(c1ccccc1)c1ccccc1. The van der Waals surface area contributed by atoms with Gasteiger partial charge in [-0.25, -0.2) is 4.79 Å². The normalized spacial score (nSPS) is 11.6. The average molecular weight is 518 g/mol. The molecule has 0 unspecified atom stereocenters. The van der Waals surface area contributed by atoms with Crippen molar-refractivity contribution >= 4 is 41.6 Å². The first-order valence-electron chi connectivity index (χ1n) is 11.8. The lowest BCUT2D eigenvalue weighted by Gasteiger charge is -2.31. The highest BCUT2D eigenvalue weighted by molar-refractivity contribution is 7.79. The molecule has 0 N–H and O–H groups in total. The van der Waals surface area contributed by atoms with Crippen LogP contribution in [0.3, 0.4) is 0 Å². The summed E-state index contributed by atoms with van der Waals surface area (Å²) in [7, 11) is -6.65. The summed E-state index contributed by atoms with van der Waals surface area (Å²) in [5, 5.41) is 2.50. The van der Waals surface area contributed by atoms with Gasteiger partial charge in [0.25, 0.3) is 0 Å². The molecule has 4 rings (SSSR count). The molecule has 0 atom stereocenters. The molecular weight excluding hydrogens is 488 g/mol. The lowest BCUT2D eigenvalue weighted by Crippen LogP contribution is -2.39. The molecule has 0 saturated carbocycles. The Morgan fingerprint density at radius 3 is 1.11 bits per heavy atom. The molecule has 0 aliphatic carbocycles. The van der Waals surface area contributed by atoms with Gasteiger partial charge in [0.05, 0.1) is 19.2 Å². The summed E-state index contributed by atoms with van der Waals surface area (Å²) in [6.45, 7) is 1.87. The molecule has 0 radical (unpaired) electrons. The Morgan fingerprint density at radius 2 is 0.861 bits per heavy atom. The lowest BCUT2D eigenvalue weighted by atomic mass is 10.4. The first-order valence-corrected chi connectivity index (χ1v) is 15.6. The third-order valence-corrected chi connectivity index (χ3v) is 12.0. The molecule has 0 heterocycles. The fourth-order valence-electron chi connectivity index (χ4n) is 4.16. The maximum atomic E-state index is 14.8. The number of rotatable bonds is 9. The topological polar surface area (TPSA) is 63.7 Å². The maximum absolute atomic E-state index is 14.8. The van der Waals surface area contributed by atoms with Crippen LogP contribution in [0.25, 0.3) is 0 Å². The molecule has 184 valence electrons. The first-order chi connectivity index (χ1) is 17.5. The van der Waals surface area contributed by atoms with E-state index >= 15 is 0 Å². The van der Waals surface area contributed by atoms with Crippen LogP contribution in [-0.4, -0.2) is 30.2 Å². The molecule has 0 spiro atoms. The fourth-order valence-corrected chi connectivity index (χ4v) is 9.57. The molecule has 0 saturated heterocycles. The van der Waals surface area contributed by atoms with Crippen LogP contribution < -0.4 is 21.2 Å². The molecule has 5 nitrogen and oxygen atoms in total. The predicted molar refractivity (Wildman–Crippen MR) is 148 cm³/mol. The Morgan fingerprint density at radius 1 is 0.583 bits per heavy atom. The molecule has 1 amide bonds. The number of carbonyl (C=O) groups is 1. The first kappa shape index (κ1) is 25.7. The number of ether oxygens (including phenoxy) is 1. The summed E-state index contributed by atoms with van der Waals surface area (Å²) >= 11 is 0. The quantitative estimate of drug-likeness (QED) is 0.280. The third-order valence-electron chi connectivity index (χ3n) is 5.96. The van der Waals surface area contributed by atoms with Crippen LogP contribution in [0.2, 0.25) is 0 Å². The zero-order valence-electron chi connectivity index (χ0n) is 20.1. The van der Waals surface area contributed by atoms with Gasteiger partial charge in [-0.15, -0.1) is 0 Å². The minimum atomic E-state index is -3.32. The number of benzene rings is 4. The zero-order chi connectivity index (χ0) is 25.4. The third kappa shape index (κ3) is 5.54. The van der Waals surface area contributed by atoms with Gasteiger partial charge in [0.1, 0.15) is 0 Å². The highest BCUT2D eigenvalue weighted by Gasteiger charge is 2.37. The van der Waals surface area contributed by atoms with Crippen LogP contribution >= 0.6 is 14.3 Å². The van der Waals surface area contributed by atoms with E-state index in [2.05, 4.69) is 0 Å². The van der Waals surface area contributed by atoms with E-state index in [1.165, 1.54) is 4.90 Å². The highest BCUT2D eigenvalue weighted by atomic mass is 31.2. The van der Waals surface area contributed by atoms with E-state index < -0.39 is 20.4 Å². The maximum Gasteiger partial charge on any atom is 0.410 e. The summed E-state index contributed by atoms with van der Waals surface area (Å²) in [6, 6.07) is 36.6. The smallest absolute Gasteiger partial charge is 0.410 e. The number of hydrogen-bond donors (Lipinski definition) is 0. The Balaban J connectivity index is 1.83. The molecule has 4 aromatic rings. The summed E-state index contributed by atoms with van der Waals surface area (Å²) in [4.78, 5) is 14.7. The number of nitrogens with zero attached hydrogens (tertiary/aromatic N) is 1. The molecule has 0 aliphatic heterocycles. The van der Waals surface area contributed by atoms with Crippen molar-refractivity contribution in [2.24, 2.45) is 0 Å². The fraction of sp³-hybridized carbons (Fsp3) is 0.138. The minimum absolute atomic E-state index is 0.135. The van der Waals surface area contributed by atoms with Crippen LogP contribution in [0, 0.1) is 0 Å². The van der Waals surface area contributed by atoms with Crippen LogP contribution in [0.5, 0.6) is 0 Å². The van der Waals surface area contributed by atoms with Crippen LogP contribution in [-0.2, 0) is 13.9 Å². The van der Waals surface area contributed by atoms with E-state index in [9.17, 15) is 13.9 Å². The Labute approximate surface area is 212 Å². The van der Waals surface area contributed by atoms with Crippen molar-refractivity contribution in [3.63, 3.8) is 0 Å². The van der Waals surface area contributed by atoms with E-state index in [1.807, 2.05) is 121 Å². The van der Waals surface area contributed by atoms with Crippen molar-refractivity contribution in [2.75, 3.05) is 19.2 Å². The van der Waals surface area contributed by atoms with Crippen molar-refractivity contribution in [2.45, 2.75) is 6.92 Å². The van der Waals surface area contributed by atoms with Crippen molar-refractivity contribution < 1.29 is 18.7 Å². The van der Waals surface area contributed by atoms with Crippen molar-refractivity contribution in [1.82, 2.24) is 4.90 Å². The summed E-state index contributed by atoms with van der Waals surface area (Å²) in [5.41, 5.74) is 0. The van der Waals surface area contributed by atoms with Gasteiger partial charge in [-0.05, 0) is 6.92 Å². The molecule has 7 heteroatoms. The molecule has 4 aromatic carbocycles. The number of amides is 1. The van der Waals surface area contributed by atoms with Crippen LogP contribution in [0.1, 0.15) is 6.92 Å². The van der Waals surface area contributed by atoms with Gasteiger partial charge >= 0.3 is 6.09 Å². The Bertz CT molecular complexity index is 1180. The lowest BCUT2D eigenvalue weighted by molar-refractivity contribution is 0.119. The van der Waals surface area contributed by atoms with E-state index in [0.29, 0.717) is 21.2 Å². The summed E-state index contributed by atoms with van der Waals surface area (Å²) in [5.74, 6) is 0. The summed E-state index contributed by atoms with van der Waals surface area (Å²) in [6.07, 6.45) is -0.913. The van der Waals surface area contributed by atoms with Gasteiger partial charge in [-0.3, -0.25) is 4.90 Å². The Kier molecular flexibility index (Phi) is 8.25. The van der Waals surface area contributed by atoms with Gasteiger partial charge in [-0.1, -0.05) is 121 Å². The molecule has 36 heavy (non-hydrogen) atoms. The molecule has 0 bridgehead atoms. The van der Waals surface area contributed by atoms with Crippen LogP contribution in [0.4, 0.5) is 4.79 Å². The van der Waals surface area contributed by atoms with Gasteiger partial charge in [0, 0.05) is 21.2 Å². The zero-order valence-corrected chi connectivity index (χ0v) is 21.9. The second kappa shape index (κ2) is 11.6. The van der Waals surface area contributed by atoms with Crippen molar-refractivity contribution in [1.29, 1.82) is 0 Å². The highest BCUT2D eigenvalue weighted by Crippen LogP contribution is 2.49. The molecule has 0 aromatic heterocycles. The monoisotopic (exact) mass is 517 g/mol. The van der Waals surface area contributed by atoms with Crippen LogP contribution in [0.15, 0.2) is 121 Å².